The van der Waals surface area contributed by atoms with Gasteiger partial charge in [-0.3, -0.25) is 4.79 Å². The zero-order valence-corrected chi connectivity index (χ0v) is 16.7. The van der Waals surface area contributed by atoms with Crippen LogP contribution in [-0.2, 0) is 4.79 Å². The molecule has 1 saturated heterocycles. The highest BCUT2D eigenvalue weighted by atomic mass is 35.5. The number of carbonyl (C=O) groups excluding carboxylic acids is 1. The van der Waals surface area contributed by atoms with Gasteiger partial charge in [0.15, 0.2) is 17.5 Å². The van der Waals surface area contributed by atoms with E-state index in [1.54, 1.807) is 18.5 Å². The molecule has 0 saturated carbocycles. The number of aromatic amines is 1. The van der Waals surface area contributed by atoms with Gasteiger partial charge in [0.25, 0.3) is 0 Å². The molecule has 1 fully saturated rings. The third-order valence-electron chi connectivity index (χ3n) is 5.10. The molecule has 0 aromatic carbocycles. The van der Waals surface area contributed by atoms with Crippen molar-refractivity contribution >= 4 is 34.4 Å². The summed E-state index contributed by atoms with van der Waals surface area (Å²) in [5, 5.41) is 4.06. The van der Waals surface area contributed by atoms with Gasteiger partial charge in [-0.1, -0.05) is 30.9 Å². The number of halogens is 2. The van der Waals surface area contributed by atoms with Gasteiger partial charge in [-0.15, -0.1) is 0 Å². The third-order valence-corrected chi connectivity index (χ3v) is 5.31. The van der Waals surface area contributed by atoms with Crippen LogP contribution in [0.2, 0.25) is 5.02 Å². The van der Waals surface area contributed by atoms with E-state index < -0.39 is 5.82 Å². The van der Waals surface area contributed by atoms with Crippen molar-refractivity contribution in [3.63, 3.8) is 0 Å². The van der Waals surface area contributed by atoms with Gasteiger partial charge in [0.1, 0.15) is 5.65 Å². The molecule has 0 atom stereocenters. The molecule has 1 aliphatic rings. The van der Waals surface area contributed by atoms with Crippen LogP contribution in [0, 0.1) is 5.82 Å². The van der Waals surface area contributed by atoms with Crippen molar-refractivity contribution in [3.8, 4) is 11.4 Å². The number of rotatable bonds is 4. The van der Waals surface area contributed by atoms with Crippen LogP contribution in [-0.4, -0.2) is 50.4 Å². The first-order valence-electron chi connectivity index (χ1n) is 9.79. The van der Waals surface area contributed by atoms with Crippen molar-refractivity contribution in [2.24, 2.45) is 0 Å². The molecule has 0 bridgehead atoms. The van der Waals surface area contributed by atoms with E-state index in [0.29, 0.717) is 22.1 Å². The molecule has 3 aromatic rings. The number of nitrogens with one attached hydrogen (secondary N) is 2. The summed E-state index contributed by atoms with van der Waals surface area (Å²) < 4.78 is 14.2. The van der Waals surface area contributed by atoms with Crippen molar-refractivity contribution in [2.45, 2.75) is 32.1 Å². The predicted octanol–water partition coefficient (Wildman–Crippen LogP) is 4.02. The number of likely N-dealkylation sites (tertiary alicyclic amines) is 1. The summed E-state index contributed by atoms with van der Waals surface area (Å²) in [6.45, 7) is 1.50. The Kier molecular flexibility index (Phi) is 5.89. The number of pyridine rings is 1. The number of hydrogen-bond donors (Lipinski definition) is 2. The molecule has 4 heterocycles. The number of hydrogen-bond acceptors (Lipinski definition) is 5. The maximum absolute atomic E-state index is 14.2. The van der Waals surface area contributed by atoms with Crippen molar-refractivity contribution in [2.75, 3.05) is 25.0 Å². The van der Waals surface area contributed by atoms with E-state index in [2.05, 4.69) is 25.3 Å². The standard InChI is InChI=1S/C20H22ClFN6O/c21-13-8-14-15(10-24-18(14)23-9-13)19-25-11-16(22)20(27-19)26-12-17(29)28-6-4-2-1-3-5-7-28/h8-11H,1-7,12H2,(H,23,24)(H,25,26,27). The van der Waals surface area contributed by atoms with Gasteiger partial charge in [-0.05, 0) is 18.9 Å². The second kappa shape index (κ2) is 8.73. The van der Waals surface area contributed by atoms with Gasteiger partial charge in [0.2, 0.25) is 5.91 Å². The molecule has 1 amide bonds. The largest absolute Gasteiger partial charge is 0.358 e. The molecule has 2 N–H and O–H groups in total. The van der Waals surface area contributed by atoms with Crippen molar-refractivity contribution in [1.82, 2.24) is 24.8 Å². The predicted molar refractivity (Wildman–Crippen MR) is 110 cm³/mol. The fraction of sp³-hybridized carbons (Fsp3) is 0.400. The molecule has 7 nitrogen and oxygen atoms in total. The molecular weight excluding hydrogens is 395 g/mol. The molecule has 29 heavy (non-hydrogen) atoms. The summed E-state index contributed by atoms with van der Waals surface area (Å²) in [4.78, 5) is 30.0. The highest BCUT2D eigenvalue weighted by molar-refractivity contribution is 6.31. The van der Waals surface area contributed by atoms with E-state index >= 15 is 0 Å². The number of nitrogens with zero attached hydrogens (tertiary/aromatic N) is 4. The molecule has 4 rings (SSSR count). The zero-order valence-electron chi connectivity index (χ0n) is 15.9. The van der Waals surface area contributed by atoms with Gasteiger partial charge < -0.3 is 15.2 Å². The number of fused-ring (bicyclic) bond motifs is 1. The fourth-order valence-electron chi connectivity index (χ4n) is 3.55. The van der Waals surface area contributed by atoms with E-state index in [1.165, 1.54) is 6.42 Å². The Morgan fingerprint density at radius 2 is 1.93 bits per heavy atom. The molecule has 0 radical (unpaired) electrons. The highest BCUT2D eigenvalue weighted by Crippen LogP contribution is 2.28. The fourth-order valence-corrected chi connectivity index (χ4v) is 3.71. The van der Waals surface area contributed by atoms with Crippen molar-refractivity contribution in [1.29, 1.82) is 0 Å². The lowest BCUT2D eigenvalue weighted by Gasteiger charge is -2.25. The lowest BCUT2D eigenvalue weighted by Crippen LogP contribution is -2.37. The molecule has 9 heteroatoms. The Balaban J connectivity index is 1.51. The Bertz CT molecular complexity index is 1020. The van der Waals surface area contributed by atoms with Crippen molar-refractivity contribution < 1.29 is 9.18 Å². The molecule has 3 aromatic heterocycles. The normalized spacial score (nSPS) is 15.2. The molecular formula is C20H22ClFN6O. The first-order valence-corrected chi connectivity index (χ1v) is 10.2. The summed E-state index contributed by atoms with van der Waals surface area (Å²) >= 11 is 6.04. The monoisotopic (exact) mass is 416 g/mol. The van der Waals surface area contributed by atoms with Gasteiger partial charge in [-0.2, -0.15) is 0 Å². The first kappa shape index (κ1) is 19.6. The summed E-state index contributed by atoms with van der Waals surface area (Å²) in [5.41, 5.74) is 1.30. The van der Waals surface area contributed by atoms with Crippen LogP contribution in [0.25, 0.3) is 22.4 Å². The van der Waals surface area contributed by atoms with Crippen molar-refractivity contribution in [3.05, 3.63) is 35.5 Å². The molecule has 0 unspecified atom stereocenters. The van der Waals surface area contributed by atoms with Crippen LogP contribution in [0.1, 0.15) is 32.1 Å². The average molecular weight is 417 g/mol. The number of anilines is 1. The molecule has 152 valence electrons. The maximum atomic E-state index is 14.2. The summed E-state index contributed by atoms with van der Waals surface area (Å²) in [5.74, 6) is -0.331. The minimum Gasteiger partial charge on any atom is -0.358 e. The van der Waals surface area contributed by atoms with Gasteiger partial charge >= 0.3 is 0 Å². The smallest absolute Gasteiger partial charge is 0.241 e. The Morgan fingerprint density at radius 1 is 1.17 bits per heavy atom. The van der Waals surface area contributed by atoms with E-state index in [-0.39, 0.29) is 18.3 Å². The van der Waals surface area contributed by atoms with E-state index in [9.17, 15) is 9.18 Å². The quantitative estimate of drug-likeness (QED) is 0.670. The topological polar surface area (TPSA) is 86.8 Å². The Labute approximate surface area is 172 Å². The SMILES string of the molecule is O=C(CNc1nc(-c2c[nH]c3ncc(Cl)cc23)ncc1F)N1CCCCCCC1. The average Bonchev–Trinajstić information content (AvgIpc) is 3.10. The van der Waals surface area contributed by atoms with Crippen LogP contribution in [0.15, 0.2) is 24.7 Å². The van der Waals surface area contributed by atoms with Crippen LogP contribution >= 0.6 is 11.6 Å². The lowest BCUT2D eigenvalue weighted by molar-refractivity contribution is -0.129. The summed E-state index contributed by atoms with van der Waals surface area (Å²) in [7, 11) is 0. The molecule has 1 aliphatic heterocycles. The minimum absolute atomic E-state index is 0.000249. The van der Waals surface area contributed by atoms with Gasteiger partial charge in [-0.25, -0.2) is 19.3 Å². The van der Waals surface area contributed by atoms with E-state index in [1.807, 2.05) is 4.90 Å². The van der Waals surface area contributed by atoms with Crippen LogP contribution in [0.3, 0.4) is 0 Å². The maximum Gasteiger partial charge on any atom is 0.241 e. The first-order chi connectivity index (χ1) is 14.1. The van der Waals surface area contributed by atoms with Gasteiger partial charge in [0, 0.05) is 36.4 Å². The number of carbonyl (C=O) groups is 1. The molecule has 0 aliphatic carbocycles. The summed E-state index contributed by atoms with van der Waals surface area (Å²) in [6.07, 6.45) is 9.88. The molecule has 0 spiro atoms. The third kappa shape index (κ3) is 4.48. The highest BCUT2D eigenvalue weighted by Gasteiger charge is 2.17. The summed E-state index contributed by atoms with van der Waals surface area (Å²) in [6, 6.07) is 1.75. The number of amides is 1. The van der Waals surface area contributed by atoms with Gasteiger partial charge in [0.05, 0.1) is 17.8 Å². The zero-order chi connectivity index (χ0) is 20.2. The van der Waals surface area contributed by atoms with E-state index in [4.69, 9.17) is 11.6 Å². The van der Waals surface area contributed by atoms with Crippen LogP contribution in [0.4, 0.5) is 10.2 Å². The second-order valence-electron chi connectivity index (χ2n) is 7.14. The van der Waals surface area contributed by atoms with Crippen LogP contribution < -0.4 is 5.32 Å². The Morgan fingerprint density at radius 3 is 2.72 bits per heavy atom. The van der Waals surface area contributed by atoms with Crippen LogP contribution in [0.5, 0.6) is 0 Å². The number of H-pyrrole nitrogens is 1. The minimum atomic E-state index is -0.606. The number of aromatic nitrogens is 4. The Hall–Kier alpha value is -2.74. The second-order valence-corrected chi connectivity index (χ2v) is 7.58. The van der Waals surface area contributed by atoms with E-state index in [0.717, 1.165) is 50.4 Å². The lowest BCUT2D eigenvalue weighted by atomic mass is 10.1.